The van der Waals surface area contributed by atoms with Gasteiger partial charge in [0.1, 0.15) is 10.6 Å². The molecule has 14 heavy (non-hydrogen) atoms. The molecule has 2 N–H and O–H groups in total. The summed E-state index contributed by atoms with van der Waals surface area (Å²) in [5.41, 5.74) is 0. The number of aromatic nitrogens is 1. The minimum absolute atomic E-state index is 0.0359. The van der Waals surface area contributed by atoms with Gasteiger partial charge in [-0.2, -0.15) is 0 Å². The lowest BCUT2D eigenvalue weighted by molar-refractivity contribution is 0.470. The van der Waals surface area contributed by atoms with Crippen molar-refractivity contribution in [2.75, 3.05) is 0 Å². The zero-order valence-electron chi connectivity index (χ0n) is 7.93. The number of sulfonamides is 1. The van der Waals surface area contributed by atoms with Crippen LogP contribution in [-0.4, -0.2) is 24.6 Å². The summed E-state index contributed by atoms with van der Waals surface area (Å²) >= 11 is 0. The van der Waals surface area contributed by atoms with Crippen LogP contribution in [0.25, 0.3) is 0 Å². The second-order valence-corrected chi connectivity index (χ2v) is 4.87. The second-order valence-electron chi connectivity index (χ2n) is 3.15. The Morgan fingerprint density at radius 2 is 2.07 bits per heavy atom. The van der Waals surface area contributed by atoms with E-state index in [9.17, 15) is 8.42 Å². The predicted molar refractivity (Wildman–Crippen MR) is 51.4 cm³/mol. The highest BCUT2D eigenvalue weighted by Crippen LogP contribution is 2.13. The predicted octanol–water partition coefficient (Wildman–Crippen LogP) is 0.474. The van der Waals surface area contributed by atoms with E-state index in [0.29, 0.717) is 0 Å². The Morgan fingerprint density at radius 1 is 1.43 bits per heavy atom. The van der Waals surface area contributed by atoms with Crippen LogP contribution in [0.2, 0.25) is 0 Å². The monoisotopic (exact) mass is 216 g/mol. The normalized spacial score (nSPS) is 11.9. The first kappa shape index (κ1) is 10.9. The molecule has 0 atom stereocenters. The molecule has 0 spiro atoms. The van der Waals surface area contributed by atoms with Gasteiger partial charge in [-0.1, -0.05) is 0 Å². The van der Waals surface area contributed by atoms with Crippen LogP contribution in [0.3, 0.4) is 0 Å². The van der Waals surface area contributed by atoms with Crippen LogP contribution < -0.4 is 4.72 Å². The third-order valence-corrected chi connectivity index (χ3v) is 3.03. The molecule has 0 aliphatic heterocycles. The minimum atomic E-state index is -3.55. The molecule has 1 aromatic heterocycles. The Hall–Kier alpha value is -1.14. The van der Waals surface area contributed by atoms with E-state index in [1.807, 2.05) is 0 Å². The fourth-order valence-corrected chi connectivity index (χ4v) is 2.16. The highest BCUT2D eigenvalue weighted by molar-refractivity contribution is 7.89. The first-order valence-corrected chi connectivity index (χ1v) is 5.56. The van der Waals surface area contributed by atoms with Crippen LogP contribution >= 0.6 is 0 Å². The number of nitrogens with zero attached hydrogens (tertiary/aromatic N) is 1. The van der Waals surface area contributed by atoms with E-state index >= 15 is 0 Å². The Morgan fingerprint density at radius 3 is 2.57 bits per heavy atom. The summed E-state index contributed by atoms with van der Waals surface area (Å²) in [4.78, 5) is 3.55. The molecule has 1 heterocycles. The zero-order valence-corrected chi connectivity index (χ0v) is 8.75. The van der Waals surface area contributed by atoms with E-state index in [-0.39, 0.29) is 16.7 Å². The average molecular weight is 216 g/mol. The number of rotatable bonds is 3. The van der Waals surface area contributed by atoms with Gasteiger partial charge in [0.25, 0.3) is 0 Å². The van der Waals surface area contributed by atoms with Crippen LogP contribution in [0.15, 0.2) is 23.4 Å². The molecule has 0 radical (unpaired) electrons. The van der Waals surface area contributed by atoms with Crippen LogP contribution in [0.5, 0.6) is 5.75 Å². The molecule has 78 valence electrons. The van der Waals surface area contributed by atoms with Crippen molar-refractivity contribution < 1.29 is 13.5 Å². The van der Waals surface area contributed by atoms with Crippen LogP contribution in [0.1, 0.15) is 13.8 Å². The number of nitrogens with one attached hydrogen (secondary N) is 1. The molecule has 0 aliphatic rings. The van der Waals surface area contributed by atoms with E-state index in [4.69, 9.17) is 5.11 Å². The SMILES string of the molecule is CC(C)NS(=O)(=O)c1cncc(O)c1. The molecule has 6 heteroatoms. The smallest absolute Gasteiger partial charge is 0.242 e. The Labute approximate surface area is 82.9 Å². The zero-order chi connectivity index (χ0) is 10.8. The highest BCUT2D eigenvalue weighted by atomic mass is 32.2. The molecule has 0 amide bonds. The molecule has 0 aromatic carbocycles. The number of hydrogen-bond acceptors (Lipinski definition) is 4. The fraction of sp³-hybridized carbons (Fsp3) is 0.375. The molecule has 0 saturated heterocycles. The first-order valence-electron chi connectivity index (χ1n) is 4.08. The molecule has 5 nitrogen and oxygen atoms in total. The van der Waals surface area contributed by atoms with Gasteiger partial charge < -0.3 is 5.11 Å². The van der Waals surface area contributed by atoms with Gasteiger partial charge >= 0.3 is 0 Å². The second kappa shape index (κ2) is 3.93. The summed E-state index contributed by atoms with van der Waals surface area (Å²) in [6, 6.07) is 0.958. The Balaban J connectivity index is 3.05. The highest BCUT2D eigenvalue weighted by Gasteiger charge is 2.15. The summed E-state index contributed by atoms with van der Waals surface area (Å²) < 4.78 is 25.4. The molecule has 0 unspecified atom stereocenters. The molecule has 0 saturated carbocycles. The third-order valence-electron chi connectivity index (χ3n) is 1.40. The van der Waals surface area contributed by atoms with Crippen molar-refractivity contribution in [1.82, 2.24) is 9.71 Å². The molecule has 1 rings (SSSR count). The van der Waals surface area contributed by atoms with Crippen molar-refractivity contribution in [2.24, 2.45) is 0 Å². The Kier molecular flexibility index (Phi) is 3.07. The minimum Gasteiger partial charge on any atom is -0.506 e. The van der Waals surface area contributed by atoms with Gasteiger partial charge in [-0.25, -0.2) is 13.1 Å². The van der Waals surface area contributed by atoms with E-state index in [0.717, 1.165) is 6.07 Å². The Bertz CT molecular complexity index is 414. The van der Waals surface area contributed by atoms with Crippen molar-refractivity contribution in [1.29, 1.82) is 0 Å². The molecule has 0 aliphatic carbocycles. The summed E-state index contributed by atoms with van der Waals surface area (Å²) in [6.07, 6.45) is 2.36. The maximum Gasteiger partial charge on any atom is 0.242 e. The lowest BCUT2D eigenvalue weighted by Gasteiger charge is -2.08. The maximum atomic E-state index is 11.5. The van der Waals surface area contributed by atoms with Crippen molar-refractivity contribution in [3.8, 4) is 5.75 Å². The molecule has 1 aromatic rings. The van der Waals surface area contributed by atoms with Crippen molar-refractivity contribution in [3.63, 3.8) is 0 Å². The lowest BCUT2D eigenvalue weighted by atomic mass is 10.4. The number of aromatic hydroxyl groups is 1. The van der Waals surface area contributed by atoms with Crippen molar-refractivity contribution in [2.45, 2.75) is 24.8 Å². The first-order chi connectivity index (χ1) is 6.42. The molecular weight excluding hydrogens is 204 g/mol. The van der Waals surface area contributed by atoms with Gasteiger partial charge in [-0.15, -0.1) is 0 Å². The third kappa shape index (κ3) is 2.68. The van der Waals surface area contributed by atoms with Crippen molar-refractivity contribution in [3.05, 3.63) is 18.5 Å². The van der Waals surface area contributed by atoms with Crippen LogP contribution in [-0.2, 0) is 10.0 Å². The van der Waals surface area contributed by atoms with Crippen molar-refractivity contribution >= 4 is 10.0 Å². The summed E-state index contributed by atoms with van der Waals surface area (Å²) in [6.45, 7) is 3.43. The van der Waals surface area contributed by atoms with E-state index in [2.05, 4.69) is 9.71 Å². The largest absolute Gasteiger partial charge is 0.506 e. The van der Waals surface area contributed by atoms with E-state index < -0.39 is 10.0 Å². The van der Waals surface area contributed by atoms with Gasteiger partial charge in [0.2, 0.25) is 10.0 Å². The number of pyridine rings is 1. The van der Waals surface area contributed by atoms with Crippen LogP contribution in [0.4, 0.5) is 0 Å². The molecule has 0 fully saturated rings. The van der Waals surface area contributed by atoms with Gasteiger partial charge in [0.05, 0.1) is 6.20 Å². The summed E-state index contributed by atoms with van der Waals surface area (Å²) in [7, 11) is -3.55. The van der Waals surface area contributed by atoms with Gasteiger partial charge in [0, 0.05) is 18.3 Å². The molecular formula is C8H12N2O3S. The lowest BCUT2D eigenvalue weighted by Crippen LogP contribution is -2.30. The van der Waals surface area contributed by atoms with E-state index in [1.165, 1.54) is 12.4 Å². The fourth-order valence-electron chi connectivity index (χ4n) is 0.933. The van der Waals surface area contributed by atoms with Gasteiger partial charge in [-0.3, -0.25) is 4.98 Å². The van der Waals surface area contributed by atoms with Gasteiger partial charge in [-0.05, 0) is 13.8 Å². The standard InChI is InChI=1S/C8H12N2O3S/c1-6(2)10-14(12,13)8-3-7(11)4-9-5-8/h3-6,10-11H,1-2H3. The summed E-state index contributed by atoms with van der Waals surface area (Å²) in [5, 5.41) is 9.06. The number of hydrogen-bond donors (Lipinski definition) is 2. The topological polar surface area (TPSA) is 79.3 Å². The van der Waals surface area contributed by atoms with Gasteiger partial charge in [0.15, 0.2) is 0 Å². The average Bonchev–Trinajstić information content (AvgIpc) is 2.01. The van der Waals surface area contributed by atoms with E-state index in [1.54, 1.807) is 13.8 Å². The quantitative estimate of drug-likeness (QED) is 0.770. The maximum absolute atomic E-state index is 11.5. The van der Waals surface area contributed by atoms with Crippen LogP contribution in [0, 0.1) is 0 Å². The molecule has 0 bridgehead atoms. The summed E-state index contributed by atoms with van der Waals surface area (Å²) in [5.74, 6) is -0.170.